The number of carbonyl (C=O) groups excluding carboxylic acids is 1. The molecule has 2 aromatic heterocycles. The minimum Gasteiger partial charge on any atom is -0.340 e. The van der Waals surface area contributed by atoms with Gasteiger partial charge in [-0.2, -0.15) is 4.98 Å². The van der Waals surface area contributed by atoms with E-state index in [9.17, 15) is 4.79 Å². The van der Waals surface area contributed by atoms with Gasteiger partial charge in [-0.1, -0.05) is 18.1 Å². The van der Waals surface area contributed by atoms with Crippen LogP contribution in [0.2, 0.25) is 0 Å². The lowest BCUT2D eigenvalue weighted by molar-refractivity contribution is -0.132. The number of aromatic nitrogens is 2. The Labute approximate surface area is 127 Å². The van der Waals surface area contributed by atoms with Crippen LogP contribution in [0, 0.1) is 0 Å². The number of nitrogens with zero attached hydrogens (tertiary/aromatic N) is 4. The molecular weight excluding hydrogens is 288 g/mol. The zero-order chi connectivity index (χ0) is 14.7. The van der Waals surface area contributed by atoms with E-state index in [1.54, 1.807) is 11.3 Å². The van der Waals surface area contributed by atoms with Crippen LogP contribution in [0.5, 0.6) is 0 Å². The summed E-state index contributed by atoms with van der Waals surface area (Å²) in [6.45, 7) is 5.80. The molecule has 1 saturated heterocycles. The predicted octanol–water partition coefficient (Wildman–Crippen LogP) is 1.85. The summed E-state index contributed by atoms with van der Waals surface area (Å²) in [5, 5.41) is 6.01. The second-order valence-corrected chi connectivity index (χ2v) is 5.95. The van der Waals surface area contributed by atoms with E-state index < -0.39 is 0 Å². The number of carbonyl (C=O) groups is 1. The van der Waals surface area contributed by atoms with Gasteiger partial charge in [0.2, 0.25) is 17.6 Å². The highest BCUT2D eigenvalue weighted by molar-refractivity contribution is 7.13. The standard InChI is InChI=1S/C14H18N4O2S/c1-2-13(19)18-7-5-17(6-8-18)10-12-15-14(16-20-12)11-4-3-9-21-11/h3-4,9H,2,5-8,10H2,1H3. The molecule has 7 heteroatoms. The minimum atomic E-state index is 0.229. The zero-order valence-corrected chi connectivity index (χ0v) is 12.8. The monoisotopic (exact) mass is 306 g/mol. The van der Waals surface area contributed by atoms with Crippen molar-refractivity contribution in [1.82, 2.24) is 19.9 Å². The highest BCUT2D eigenvalue weighted by atomic mass is 32.1. The average molecular weight is 306 g/mol. The molecule has 0 aromatic carbocycles. The lowest BCUT2D eigenvalue weighted by Gasteiger charge is -2.33. The summed E-state index contributed by atoms with van der Waals surface area (Å²) in [5.41, 5.74) is 0. The Morgan fingerprint density at radius 3 is 2.86 bits per heavy atom. The topological polar surface area (TPSA) is 62.5 Å². The molecule has 0 N–H and O–H groups in total. The van der Waals surface area contributed by atoms with E-state index >= 15 is 0 Å². The van der Waals surface area contributed by atoms with Crippen LogP contribution < -0.4 is 0 Å². The van der Waals surface area contributed by atoms with Crippen molar-refractivity contribution < 1.29 is 9.32 Å². The molecule has 0 unspecified atom stereocenters. The molecule has 21 heavy (non-hydrogen) atoms. The summed E-state index contributed by atoms with van der Waals surface area (Å²) in [6.07, 6.45) is 0.577. The fourth-order valence-corrected chi connectivity index (χ4v) is 3.04. The van der Waals surface area contributed by atoms with Crippen molar-refractivity contribution in [3.05, 3.63) is 23.4 Å². The number of piperazine rings is 1. The summed E-state index contributed by atoms with van der Waals surface area (Å²) in [7, 11) is 0. The molecule has 3 rings (SSSR count). The van der Waals surface area contributed by atoms with E-state index in [-0.39, 0.29) is 5.91 Å². The Balaban J connectivity index is 1.55. The molecular formula is C14H18N4O2S. The van der Waals surface area contributed by atoms with Crippen LogP contribution in [0.15, 0.2) is 22.0 Å². The third kappa shape index (κ3) is 3.30. The van der Waals surface area contributed by atoms with Gasteiger partial charge in [0.1, 0.15) is 0 Å². The molecule has 1 aliphatic rings. The molecule has 1 amide bonds. The Morgan fingerprint density at radius 1 is 1.38 bits per heavy atom. The van der Waals surface area contributed by atoms with E-state index in [1.165, 1.54) is 0 Å². The molecule has 0 saturated carbocycles. The summed E-state index contributed by atoms with van der Waals surface area (Å²) in [5.74, 6) is 1.51. The molecule has 112 valence electrons. The normalized spacial score (nSPS) is 16.3. The second kappa shape index (κ2) is 6.36. The third-order valence-electron chi connectivity index (χ3n) is 3.60. The van der Waals surface area contributed by atoms with Crippen molar-refractivity contribution >= 4 is 17.2 Å². The van der Waals surface area contributed by atoms with Gasteiger partial charge >= 0.3 is 0 Å². The van der Waals surface area contributed by atoms with Crippen molar-refractivity contribution in [1.29, 1.82) is 0 Å². The molecule has 0 aliphatic carbocycles. The molecule has 1 fully saturated rings. The maximum atomic E-state index is 11.6. The van der Waals surface area contributed by atoms with Gasteiger partial charge in [0.25, 0.3) is 0 Å². The number of hydrogen-bond acceptors (Lipinski definition) is 6. The first-order valence-electron chi connectivity index (χ1n) is 7.13. The lowest BCUT2D eigenvalue weighted by Crippen LogP contribution is -2.48. The molecule has 1 aliphatic heterocycles. The van der Waals surface area contributed by atoms with E-state index in [0.29, 0.717) is 24.7 Å². The largest absolute Gasteiger partial charge is 0.340 e. The Bertz CT molecular complexity index is 588. The maximum absolute atomic E-state index is 11.6. The van der Waals surface area contributed by atoms with Crippen molar-refractivity contribution in [2.45, 2.75) is 19.9 Å². The van der Waals surface area contributed by atoms with Crippen LogP contribution in [-0.4, -0.2) is 52.0 Å². The summed E-state index contributed by atoms with van der Waals surface area (Å²) >= 11 is 1.60. The highest BCUT2D eigenvalue weighted by Crippen LogP contribution is 2.21. The first-order valence-corrected chi connectivity index (χ1v) is 8.01. The second-order valence-electron chi connectivity index (χ2n) is 5.00. The van der Waals surface area contributed by atoms with Gasteiger partial charge in [-0.05, 0) is 11.4 Å². The lowest BCUT2D eigenvalue weighted by atomic mass is 10.3. The average Bonchev–Trinajstić information content (AvgIpc) is 3.18. The molecule has 0 spiro atoms. The maximum Gasteiger partial charge on any atom is 0.241 e. The summed E-state index contributed by atoms with van der Waals surface area (Å²) in [6, 6.07) is 3.95. The van der Waals surface area contributed by atoms with Gasteiger partial charge in [-0.15, -0.1) is 11.3 Å². The molecule has 0 bridgehead atoms. The van der Waals surface area contributed by atoms with Crippen LogP contribution in [0.25, 0.3) is 10.7 Å². The van der Waals surface area contributed by atoms with Crippen LogP contribution in [0.1, 0.15) is 19.2 Å². The van der Waals surface area contributed by atoms with Crippen molar-refractivity contribution in [2.24, 2.45) is 0 Å². The SMILES string of the molecule is CCC(=O)N1CCN(Cc2nc(-c3cccs3)no2)CC1. The predicted molar refractivity (Wildman–Crippen MR) is 79.8 cm³/mol. The van der Waals surface area contributed by atoms with Crippen LogP contribution >= 0.6 is 11.3 Å². The van der Waals surface area contributed by atoms with Crippen LogP contribution in [-0.2, 0) is 11.3 Å². The van der Waals surface area contributed by atoms with Gasteiger partial charge in [0.05, 0.1) is 11.4 Å². The smallest absolute Gasteiger partial charge is 0.241 e. The van der Waals surface area contributed by atoms with Gasteiger partial charge in [-0.25, -0.2) is 0 Å². The van der Waals surface area contributed by atoms with E-state index in [2.05, 4.69) is 15.0 Å². The number of thiophene rings is 1. The molecule has 6 nitrogen and oxygen atoms in total. The van der Waals surface area contributed by atoms with E-state index in [0.717, 1.165) is 31.1 Å². The van der Waals surface area contributed by atoms with Gasteiger partial charge < -0.3 is 9.42 Å². The third-order valence-corrected chi connectivity index (χ3v) is 4.46. The van der Waals surface area contributed by atoms with Crippen LogP contribution in [0.4, 0.5) is 0 Å². The van der Waals surface area contributed by atoms with Gasteiger partial charge in [0, 0.05) is 32.6 Å². The highest BCUT2D eigenvalue weighted by Gasteiger charge is 2.21. The minimum absolute atomic E-state index is 0.229. The first-order chi connectivity index (χ1) is 10.3. The van der Waals surface area contributed by atoms with E-state index in [4.69, 9.17) is 4.52 Å². The molecule has 0 radical (unpaired) electrons. The van der Waals surface area contributed by atoms with Crippen molar-refractivity contribution in [3.63, 3.8) is 0 Å². The molecule has 0 atom stereocenters. The van der Waals surface area contributed by atoms with E-state index in [1.807, 2.05) is 29.3 Å². The number of hydrogen-bond donors (Lipinski definition) is 0. The first kappa shape index (κ1) is 14.2. The Kier molecular flexibility index (Phi) is 4.31. The number of amides is 1. The fraction of sp³-hybridized carbons (Fsp3) is 0.500. The van der Waals surface area contributed by atoms with Gasteiger partial charge in [-0.3, -0.25) is 9.69 Å². The molecule has 3 heterocycles. The molecule has 2 aromatic rings. The van der Waals surface area contributed by atoms with Gasteiger partial charge in [0.15, 0.2) is 0 Å². The Hall–Kier alpha value is -1.73. The zero-order valence-electron chi connectivity index (χ0n) is 12.0. The number of rotatable bonds is 4. The fourth-order valence-electron chi connectivity index (χ4n) is 2.40. The van der Waals surface area contributed by atoms with Crippen molar-refractivity contribution in [3.8, 4) is 10.7 Å². The summed E-state index contributed by atoms with van der Waals surface area (Å²) < 4.78 is 5.31. The quantitative estimate of drug-likeness (QED) is 0.862. The summed E-state index contributed by atoms with van der Waals surface area (Å²) in [4.78, 5) is 21.2. The Morgan fingerprint density at radius 2 is 2.19 bits per heavy atom. The van der Waals surface area contributed by atoms with Crippen LogP contribution in [0.3, 0.4) is 0 Å². The van der Waals surface area contributed by atoms with Crippen molar-refractivity contribution in [2.75, 3.05) is 26.2 Å².